The molecule has 0 spiro atoms. The number of rotatable bonds is 4. The Labute approximate surface area is 118 Å². The molecule has 5 nitrogen and oxygen atoms in total. The second kappa shape index (κ2) is 5.30. The lowest BCUT2D eigenvalue weighted by Gasteiger charge is -2.12. The monoisotopic (exact) mass is 294 g/mol. The van der Waals surface area contributed by atoms with Crippen LogP contribution in [0.15, 0.2) is 33.6 Å². The summed E-state index contributed by atoms with van der Waals surface area (Å²) in [7, 11) is -3.59. The third kappa shape index (κ3) is 3.02. The molecule has 0 unspecified atom stereocenters. The van der Waals surface area contributed by atoms with Crippen LogP contribution in [-0.2, 0) is 16.6 Å². The largest absolute Gasteiger partial charge is 0.465 e. The van der Waals surface area contributed by atoms with E-state index in [-0.39, 0.29) is 11.4 Å². The molecule has 0 aliphatic heterocycles. The minimum atomic E-state index is -3.59. The Morgan fingerprint density at radius 2 is 1.75 bits per heavy atom. The van der Waals surface area contributed by atoms with Gasteiger partial charge in [0.25, 0.3) is 0 Å². The molecule has 0 aliphatic rings. The molecule has 6 heteroatoms. The van der Waals surface area contributed by atoms with Crippen LogP contribution < -0.4 is 10.5 Å². The van der Waals surface area contributed by atoms with Gasteiger partial charge in [0.1, 0.15) is 11.5 Å². The molecule has 1 aromatic heterocycles. The molecule has 1 aromatic carbocycles. The van der Waals surface area contributed by atoms with Crippen molar-refractivity contribution in [1.82, 2.24) is 4.72 Å². The highest BCUT2D eigenvalue weighted by atomic mass is 32.2. The summed E-state index contributed by atoms with van der Waals surface area (Å²) in [4.78, 5) is 0.273. The lowest BCUT2D eigenvalue weighted by molar-refractivity contribution is 0.475. The van der Waals surface area contributed by atoms with Gasteiger partial charge in [0, 0.05) is 5.69 Å². The Morgan fingerprint density at radius 1 is 1.15 bits per heavy atom. The second-order valence-corrected chi connectivity index (χ2v) is 6.52. The fourth-order valence-corrected chi connectivity index (χ4v) is 3.67. The number of nitrogens with one attached hydrogen (secondary N) is 1. The van der Waals surface area contributed by atoms with E-state index < -0.39 is 10.0 Å². The van der Waals surface area contributed by atoms with Gasteiger partial charge in [0.05, 0.1) is 11.4 Å². The summed E-state index contributed by atoms with van der Waals surface area (Å²) in [6, 6.07) is 6.85. The first kappa shape index (κ1) is 14.6. The molecule has 0 radical (unpaired) electrons. The Kier molecular flexibility index (Phi) is 3.87. The average molecular weight is 294 g/mol. The fourth-order valence-electron chi connectivity index (χ4n) is 2.23. The van der Waals surface area contributed by atoms with Crippen molar-refractivity contribution < 1.29 is 12.8 Å². The van der Waals surface area contributed by atoms with E-state index in [1.165, 1.54) is 0 Å². The highest BCUT2D eigenvalue weighted by Gasteiger charge is 2.20. The van der Waals surface area contributed by atoms with Gasteiger partial charge < -0.3 is 10.2 Å². The van der Waals surface area contributed by atoms with Gasteiger partial charge in [-0.3, -0.25) is 0 Å². The highest BCUT2D eigenvalue weighted by Crippen LogP contribution is 2.23. The normalized spacial score (nSPS) is 11.8. The zero-order valence-corrected chi connectivity index (χ0v) is 12.5. The van der Waals surface area contributed by atoms with Crippen LogP contribution >= 0.6 is 0 Å². The van der Waals surface area contributed by atoms with Crippen LogP contribution in [0.1, 0.15) is 22.6 Å². The van der Waals surface area contributed by atoms with Gasteiger partial charge in [-0.2, -0.15) is 0 Å². The third-order valence-corrected chi connectivity index (χ3v) is 4.69. The molecule has 108 valence electrons. The predicted octanol–water partition coefficient (Wildman–Crippen LogP) is 2.27. The molecule has 2 rings (SSSR count). The van der Waals surface area contributed by atoms with Crippen molar-refractivity contribution in [2.45, 2.75) is 32.2 Å². The van der Waals surface area contributed by atoms with Gasteiger partial charge in [-0.25, -0.2) is 13.1 Å². The van der Waals surface area contributed by atoms with Crippen molar-refractivity contribution >= 4 is 15.7 Å². The Bertz CT molecular complexity index is 710. The first-order valence-corrected chi connectivity index (χ1v) is 7.69. The van der Waals surface area contributed by atoms with Crippen LogP contribution in [0.25, 0.3) is 0 Å². The maximum Gasteiger partial charge on any atom is 0.241 e. The molecule has 0 atom stereocenters. The molecule has 0 fully saturated rings. The zero-order valence-electron chi connectivity index (χ0n) is 11.7. The van der Waals surface area contributed by atoms with Gasteiger partial charge in [-0.05, 0) is 56.2 Å². The van der Waals surface area contributed by atoms with E-state index >= 15 is 0 Å². The van der Waals surface area contributed by atoms with E-state index in [1.54, 1.807) is 38.1 Å². The molecule has 0 aliphatic carbocycles. The molecule has 0 saturated heterocycles. The molecule has 20 heavy (non-hydrogen) atoms. The van der Waals surface area contributed by atoms with Crippen LogP contribution in [-0.4, -0.2) is 8.42 Å². The smallest absolute Gasteiger partial charge is 0.241 e. The van der Waals surface area contributed by atoms with Gasteiger partial charge in [-0.15, -0.1) is 0 Å². The van der Waals surface area contributed by atoms with E-state index in [2.05, 4.69) is 4.72 Å². The van der Waals surface area contributed by atoms with Crippen molar-refractivity contribution in [2.75, 3.05) is 5.73 Å². The quantitative estimate of drug-likeness (QED) is 0.847. The molecular weight excluding hydrogens is 276 g/mol. The maximum atomic E-state index is 12.4. The zero-order chi connectivity index (χ0) is 14.9. The fraction of sp³-hybridized carbons (Fsp3) is 0.286. The maximum absolute atomic E-state index is 12.4. The first-order valence-electron chi connectivity index (χ1n) is 6.21. The lowest BCUT2D eigenvalue weighted by Crippen LogP contribution is -2.24. The topological polar surface area (TPSA) is 85.3 Å². The number of anilines is 1. The van der Waals surface area contributed by atoms with Crippen LogP contribution in [0.4, 0.5) is 5.69 Å². The van der Waals surface area contributed by atoms with E-state index in [9.17, 15) is 8.42 Å². The average Bonchev–Trinajstić information content (AvgIpc) is 2.71. The number of nitrogen functional groups attached to an aromatic ring is 1. The van der Waals surface area contributed by atoms with E-state index in [0.717, 1.165) is 5.76 Å². The summed E-state index contributed by atoms with van der Waals surface area (Å²) in [5.74, 6) is 1.33. The van der Waals surface area contributed by atoms with Gasteiger partial charge in [-0.1, -0.05) is 0 Å². The molecule has 3 N–H and O–H groups in total. The SMILES string of the molecule is Cc1ccc(CNS(=O)(=O)c2c(C)cc(N)cc2C)o1. The summed E-state index contributed by atoms with van der Waals surface area (Å²) in [5.41, 5.74) is 7.53. The number of sulfonamides is 1. The van der Waals surface area contributed by atoms with E-state index in [1.807, 2.05) is 6.92 Å². The van der Waals surface area contributed by atoms with Crippen molar-refractivity contribution in [3.8, 4) is 0 Å². The van der Waals surface area contributed by atoms with Crippen molar-refractivity contribution in [1.29, 1.82) is 0 Å². The minimum absolute atomic E-state index is 0.124. The Balaban J connectivity index is 2.27. The summed E-state index contributed by atoms with van der Waals surface area (Å²) in [6.07, 6.45) is 0. The number of nitrogens with two attached hydrogens (primary N) is 1. The molecule has 0 saturated carbocycles. The van der Waals surface area contributed by atoms with Crippen LogP contribution in [0, 0.1) is 20.8 Å². The van der Waals surface area contributed by atoms with E-state index in [0.29, 0.717) is 22.6 Å². The van der Waals surface area contributed by atoms with Gasteiger partial charge in [0.2, 0.25) is 10.0 Å². The standard InChI is InChI=1S/C14H18N2O3S/c1-9-6-12(15)7-10(2)14(9)20(17,18)16-8-13-5-4-11(3)19-13/h4-7,16H,8,15H2,1-3H3. The summed E-state index contributed by atoms with van der Waals surface area (Å²) in [6.45, 7) is 5.40. The first-order chi connectivity index (χ1) is 9.29. The molecule has 1 heterocycles. The lowest BCUT2D eigenvalue weighted by atomic mass is 10.1. The van der Waals surface area contributed by atoms with Crippen molar-refractivity contribution in [3.05, 3.63) is 46.9 Å². The third-order valence-electron chi connectivity index (χ3n) is 2.98. The van der Waals surface area contributed by atoms with Gasteiger partial charge >= 0.3 is 0 Å². The molecular formula is C14H18N2O3S. The summed E-state index contributed by atoms with van der Waals surface area (Å²) >= 11 is 0. The van der Waals surface area contributed by atoms with Gasteiger partial charge in [0.15, 0.2) is 0 Å². The summed E-state index contributed by atoms with van der Waals surface area (Å²) < 4.78 is 32.6. The highest BCUT2D eigenvalue weighted by molar-refractivity contribution is 7.89. The Morgan fingerprint density at radius 3 is 2.25 bits per heavy atom. The second-order valence-electron chi connectivity index (χ2n) is 4.82. The summed E-state index contributed by atoms with van der Waals surface area (Å²) in [5, 5.41) is 0. The minimum Gasteiger partial charge on any atom is -0.465 e. The molecule has 2 aromatic rings. The number of benzene rings is 1. The number of furan rings is 1. The Hall–Kier alpha value is -1.79. The van der Waals surface area contributed by atoms with Crippen molar-refractivity contribution in [2.24, 2.45) is 0 Å². The number of aryl methyl sites for hydroxylation is 3. The van der Waals surface area contributed by atoms with E-state index in [4.69, 9.17) is 10.2 Å². The predicted molar refractivity (Wildman–Crippen MR) is 77.8 cm³/mol. The number of hydrogen-bond donors (Lipinski definition) is 2. The van der Waals surface area contributed by atoms with Crippen molar-refractivity contribution in [3.63, 3.8) is 0 Å². The van der Waals surface area contributed by atoms with Crippen LogP contribution in [0.5, 0.6) is 0 Å². The number of hydrogen-bond acceptors (Lipinski definition) is 4. The van der Waals surface area contributed by atoms with Crippen LogP contribution in [0.2, 0.25) is 0 Å². The molecule has 0 bridgehead atoms. The molecule has 0 amide bonds. The van der Waals surface area contributed by atoms with Crippen LogP contribution in [0.3, 0.4) is 0 Å².